The molecule has 0 saturated carbocycles. The molecule has 9 heavy (non-hydrogen) atoms. The molecule has 0 aliphatic heterocycles. The molecule has 0 heteroatoms. The van der Waals surface area contributed by atoms with E-state index in [9.17, 15) is 0 Å². The van der Waals surface area contributed by atoms with Gasteiger partial charge in [-0.25, -0.2) is 0 Å². The normalized spacial score (nSPS) is 13.8. The third-order valence-electron chi connectivity index (χ3n) is 1.94. The minimum Gasteiger partial charge on any atom is -0.103 e. The van der Waals surface area contributed by atoms with Crippen LogP contribution >= 0.6 is 0 Å². The van der Waals surface area contributed by atoms with Crippen molar-refractivity contribution in [3.8, 4) is 0 Å². The van der Waals surface area contributed by atoms with Crippen LogP contribution in [0.25, 0.3) is 0 Å². The number of allylic oxidation sites excluding steroid dienone is 1. The van der Waals surface area contributed by atoms with Crippen LogP contribution < -0.4 is 0 Å². The van der Waals surface area contributed by atoms with Gasteiger partial charge in [0, 0.05) is 0 Å². The highest BCUT2D eigenvalue weighted by atomic mass is 14.1. The van der Waals surface area contributed by atoms with Crippen molar-refractivity contribution in [3.05, 3.63) is 12.7 Å². The van der Waals surface area contributed by atoms with Gasteiger partial charge in [0.05, 0.1) is 0 Å². The Morgan fingerprint density at radius 3 is 2.11 bits per heavy atom. The number of hydrogen-bond donors (Lipinski definition) is 0. The first-order valence-electron chi connectivity index (χ1n) is 3.83. The molecule has 0 aromatic heterocycles. The average molecular weight is 126 g/mol. The van der Waals surface area contributed by atoms with E-state index in [1.807, 2.05) is 6.08 Å². The smallest absolute Gasteiger partial charge is 0.0323 e. The van der Waals surface area contributed by atoms with Gasteiger partial charge in [0.2, 0.25) is 0 Å². The summed E-state index contributed by atoms with van der Waals surface area (Å²) in [5, 5.41) is 0. The Balaban J connectivity index is 3.53. The van der Waals surface area contributed by atoms with Gasteiger partial charge in [-0.2, -0.15) is 0 Å². The van der Waals surface area contributed by atoms with E-state index in [-0.39, 0.29) is 0 Å². The van der Waals surface area contributed by atoms with Crippen molar-refractivity contribution < 1.29 is 0 Å². The average Bonchev–Trinajstić information content (AvgIpc) is 1.82. The van der Waals surface area contributed by atoms with Crippen molar-refractivity contribution in [2.75, 3.05) is 0 Å². The maximum atomic E-state index is 3.73. The van der Waals surface area contributed by atoms with Gasteiger partial charge in [-0.3, -0.25) is 0 Å². The van der Waals surface area contributed by atoms with Crippen molar-refractivity contribution in [3.63, 3.8) is 0 Å². The van der Waals surface area contributed by atoms with E-state index in [0.717, 1.165) is 11.8 Å². The maximum Gasteiger partial charge on any atom is -0.0323 e. The Kier molecular flexibility index (Phi) is 4.47. The predicted octanol–water partition coefficient (Wildman–Crippen LogP) is 3.24. The highest BCUT2D eigenvalue weighted by molar-refractivity contribution is 4.73. The molecule has 0 saturated heterocycles. The molecule has 0 heterocycles. The molecule has 1 unspecified atom stereocenters. The van der Waals surface area contributed by atoms with Crippen molar-refractivity contribution in [2.45, 2.75) is 33.6 Å². The predicted molar refractivity (Wildman–Crippen MR) is 43.4 cm³/mol. The minimum atomic E-state index is 0.813. The lowest BCUT2D eigenvalue weighted by Gasteiger charge is -2.15. The van der Waals surface area contributed by atoms with Crippen LogP contribution in [0.15, 0.2) is 12.7 Å². The van der Waals surface area contributed by atoms with E-state index in [2.05, 4.69) is 27.4 Å². The Morgan fingerprint density at radius 2 is 2.00 bits per heavy atom. The Hall–Kier alpha value is -0.260. The molecule has 1 atom stereocenters. The summed E-state index contributed by atoms with van der Waals surface area (Å²) in [6.45, 7) is 10.5. The summed E-state index contributed by atoms with van der Waals surface area (Å²) in [4.78, 5) is 0. The molecule has 0 fully saturated rings. The van der Waals surface area contributed by atoms with Gasteiger partial charge in [-0.05, 0) is 18.3 Å². The molecule has 0 spiro atoms. The van der Waals surface area contributed by atoms with Crippen LogP contribution in [0.1, 0.15) is 33.6 Å². The maximum absolute atomic E-state index is 3.73. The molecule has 0 radical (unpaired) electrons. The van der Waals surface area contributed by atoms with E-state index >= 15 is 0 Å². The third-order valence-corrected chi connectivity index (χ3v) is 1.94. The zero-order valence-electron chi connectivity index (χ0n) is 6.85. The SMILES string of the molecule is C=CCC(CC)C(C)C. The van der Waals surface area contributed by atoms with Gasteiger partial charge < -0.3 is 0 Å². The molecule has 0 aromatic carbocycles. The standard InChI is InChI=1S/C9H18/c1-5-7-9(6-2)8(3)4/h5,8-9H,1,6-7H2,2-4H3. The largest absolute Gasteiger partial charge is 0.103 e. The molecule has 0 aliphatic rings. The quantitative estimate of drug-likeness (QED) is 0.507. The van der Waals surface area contributed by atoms with Crippen LogP contribution in [-0.4, -0.2) is 0 Å². The van der Waals surface area contributed by atoms with Crippen molar-refractivity contribution >= 4 is 0 Å². The zero-order valence-corrected chi connectivity index (χ0v) is 6.85. The van der Waals surface area contributed by atoms with Gasteiger partial charge in [0.25, 0.3) is 0 Å². The summed E-state index contributed by atoms with van der Waals surface area (Å²) in [5.74, 6) is 1.66. The van der Waals surface area contributed by atoms with Crippen LogP contribution in [0.5, 0.6) is 0 Å². The van der Waals surface area contributed by atoms with Crippen LogP contribution in [0.2, 0.25) is 0 Å². The molecule has 0 N–H and O–H groups in total. The summed E-state index contributed by atoms with van der Waals surface area (Å²) in [5.41, 5.74) is 0. The van der Waals surface area contributed by atoms with Crippen LogP contribution in [0.4, 0.5) is 0 Å². The fraction of sp³-hybridized carbons (Fsp3) is 0.778. The van der Waals surface area contributed by atoms with Crippen LogP contribution in [0.3, 0.4) is 0 Å². The molecule has 0 rings (SSSR count). The summed E-state index contributed by atoms with van der Waals surface area (Å²) >= 11 is 0. The lowest BCUT2D eigenvalue weighted by molar-refractivity contribution is 0.377. The van der Waals surface area contributed by atoms with E-state index in [4.69, 9.17) is 0 Å². The third kappa shape index (κ3) is 3.34. The highest BCUT2D eigenvalue weighted by Crippen LogP contribution is 2.18. The van der Waals surface area contributed by atoms with Crippen molar-refractivity contribution in [1.82, 2.24) is 0 Å². The topological polar surface area (TPSA) is 0 Å². The summed E-state index contributed by atoms with van der Waals surface area (Å²) in [6, 6.07) is 0. The van der Waals surface area contributed by atoms with E-state index < -0.39 is 0 Å². The first-order valence-corrected chi connectivity index (χ1v) is 3.83. The monoisotopic (exact) mass is 126 g/mol. The first-order chi connectivity index (χ1) is 4.22. The molecule has 0 aliphatic carbocycles. The van der Waals surface area contributed by atoms with Crippen LogP contribution in [0, 0.1) is 11.8 Å². The zero-order chi connectivity index (χ0) is 7.28. The minimum absolute atomic E-state index is 0.813. The van der Waals surface area contributed by atoms with Crippen molar-refractivity contribution in [1.29, 1.82) is 0 Å². The fourth-order valence-corrected chi connectivity index (χ4v) is 1.12. The molecule has 0 amide bonds. The molecular weight excluding hydrogens is 108 g/mol. The van der Waals surface area contributed by atoms with Gasteiger partial charge in [0.15, 0.2) is 0 Å². The van der Waals surface area contributed by atoms with Crippen LogP contribution in [-0.2, 0) is 0 Å². The van der Waals surface area contributed by atoms with E-state index in [0.29, 0.717) is 0 Å². The molecule has 0 bridgehead atoms. The van der Waals surface area contributed by atoms with E-state index in [1.165, 1.54) is 12.8 Å². The van der Waals surface area contributed by atoms with E-state index in [1.54, 1.807) is 0 Å². The number of rotatable bonds is 4. The Morgan fingerprint density at radius 1 is 1.44 bits per heavy atom. The fourth-order valence-electron chi connectivity index (χ4n) is 1.12. The summed E-state index contributed by atoms with van der Waals surface area (Å²) in [7, 11) is 0. The summed E-state index contributed by atoms with van der Waals surface area (Å²) in [6.07, 6.45) is 4.48. The lowest BCUT2D eigenvalue weighted by Crippen LogP contribution is -2.05. The van der Waals surface area contributed by atoms with Gasteiger partial charge >= 0.3 is 0 Å². The lowest BCUT2D eigenvalue weighted by atomic mass is 9.90. The van der Waals surface area contributed by atoms with Crippen molar-refractivity contribution in [2.24, 2.45) is 11.8 Å². The highest BCUT2D eigenvalue weighted by Gasteiger charge is 2.07. The Bertz CT molecular complexity index is 72.1. The van der Waals surface area contributed by atoms with Gasteiger partial charge in [-0.1, -0.05) is 33.3 Å². The Labute approximate surface area is 59.0 Å². The summed E-state index contributed by atoms with van der Waals surface area (Å²) < 4.78 is 0. The second kappa shape index (κ2) is 4.60. The van der Waals surface area contributed by atoms with Gasteiger partial charge in [-0.15, -0.1) is 6.58 Å². The first kappa shape index (κ1) is 8.74. The molecule has 0 nitrogen and oxygen atoms in total. The second-order valence-corrected chi connectivity index (χ2v) is 2.94. The molecule has 0 aromatic rings. The second-order valence-electron chi connectivity index (χ2n) is 2.94. The number of hydrogen-bond acceptors (Lipinski definition) is 0. The molecule has 54 valence electrons. The molecular formula is C9H18. The van der Waals surface area contributed by atoms with Gasteiger partial charge in [0.1, 0.15) is 0 Å².